The molecule has 4 rings (SSSR count). The third-order valence-electron chi connectivity index (χ3n) is 6.82. The summed E-state index contributed by atoms with van der Waals surface area (Å²) >= 11 is 0. The highest BCUT2D eigenvalue weighted by atomic mass is 32.2. The first-order valence-corrected chi connectivity index (χ1v) is 13.1. The summed E-state index contributed by atoms with van der Waals surface area (Å²) in [6.45, 7) is 2.12. The van der Waals surface area contributed by atoms with Gasteiger partial charge in [0, 0.05) is 0 Å². The van der Waals surface area contributed by atoms with Crippen LogP contribution in [0.25, 0.3) is 21.9 Å². The fourth-order valence-electron chi connectivity index (χ4n) is 5.02. The SMILES string of the molecule is CCCC1CCC(c2cc(F)c(-c3cc(F)c4c(F)c(OS(=O)(=O)C(F)(F)F)ccc4c3)c(F)c2)CC1. The van der Waals surface area contributed by atoms with E-state index in [0.29, 0.717) is 23.6 Å². The smallest absolute Gasteiger partial charge is 0.373 e. The van der Waals surface area contributed by atoms with Crippen LogP contribution in [-0.4, -0.2) is 13.9 Å². The Labute approximate surface area is 209 Å². The largest absolute Gasteiger partial charge is 0.534 e. The molecule has 0 bridgehead atoms. The zero-order chi connectivity index (χ0) is 27.1. The van der Waals surface area contributed by atoms with Crippen molar-refractivity contribution in [3.05, 3.63) is 65.2 Å². The van der Waals surface area contributed by atoms with E-state index in [-0.39, 0.29) is 16.9 Å². The summed E-state index contributed by atoms with van der Waals surface area (Å²) in [6, 6.07) is 5.57. The molecule has 0 aromatic heterocycles. The fraction of sp³-hybridized carbons (Fsp3) is 0.385. The normalized spacial score (nSPS) is 18.8. The first-order valence-electron chi connectivity index (χ1n) is 11.7. The predicted molar refractivity (Wildman–Crippen MR) is 124 cm³/mol. The van der Waals surface area contributed by atoms with Gasteiger partial charge in [0.15, 0.2) is 11.6 Å². The van der Waals surface area contributed by atoms with Gasteiger partial charge in [0.25, 0.3) is 0 Å². The van der Waals surface area contributed by atoms with Crippen LogP contribution in [0.5, 0.6) is 5.75 Å². The molecule has 0 radical (unpaired) electrons. The van der Waals surface area contributed by atoms with Gasteiger partial charge < -0.3 is 4.18 Å². The van der Waals surface area contributed by atoms with E-state index >= 15 is 8.78 Å². The van der Waals surface area contributed by atoms with E-state index in [1.165, 1.54) is 12.1 Å². The van der Waals surface area contributed by atoms with Gasteiger partial charge in [0.05, 0.1) is 10.9 Å². The summed E-state index contributed by atoms with van der Waals surface area (Å²) < 4.78 is 124. The zero-order valence-corrected chi connectivity index (χ0v) is 20.5. The number of hydrogen-bond donors (Lipinski definition) is 0. The number of fused-ring (bicyclic) bond motifs is 1. The van der Waals surface area contributed by atoms with Crippen LogP contribution < -0.4 is 4.18 Å². The van der Waals surface area contributed by atoms with Gasteiger partial charge in [0.1, 0.15) is 17.5 Å². The van der Waals surface area contributed by atoms with Crippen LogP contribution in [0, 0.1) is 29.2 Å². The Kier molecular flexibility index (Phi) is 7.47. The lowest BCUT2D eigenvalue weighted by atomic mass is 9.77. The van der Waals surface area contributed by atoms with Crippen molar-refractivity contribution in [2.24, 2.45) is 5.92 Å². The molecule has 200 valence electrons. The molecule has 1 saturated carbocycles. The standard InChI is InChI=1S/C26H23F7O3S/c1-2-3-14-4-6-15(7-5-14)17-11-19(27)23(20(28)12-17)18-10-16-8-9-22(25(30)24(16)21(29)13-18)36-37(34,35)26(31,32)33/h8-15H,2-7H2,1H3. The molecule has 0 amide bonds. The van der Waals surface area contributed by atoms with Gasteiger partial charge in [-0.15, -0.1) is 0 Å². The summed E-state index contributed by atoms with van der Waals surface area (Å²) in [6.07, 6.45) is 5.76. The summed E-state index contributed by atoms with van der Waals surface area (Å²) in [7, 11) is -6.20. The Morgan fingerprint density at radius 1 is 0.892 bits per heavy atom. The van der Waals surface area contributed by atoms with Crippen LogP contribution in [0.3, 0.4) is 0 Å². The third-order valence-corrected chi connectivity index (χ3v) is 7.79. The molecule has 37 heavy (non-hydrogen) atoms. The zero-order valence-electron chi connectivity index (χ0n) is 19.6. The molecule has 11 heteroatoms. The molecule has 0 heterocycles. The second-order valence-electron chi connectivity index (χ2n) is 9.28. The number of hydrogen-bond acceptors (Lipinski definition) is 3. The summed E-state index contributed by atoms with van der Waals surface area (Å²) in [5.74, 6) is -5.69. The van der Waals surface area contributed by atoms with Gasteiger partial charge in [-0.2, -0.15) is 21.6 Å². The molecule has 0 unspecified atom stereocenters. The molecule has 1 aliphatic rings. The van der Waals surface area contributed by atoms with Gasteiger partial charge >= 0.3 is 15.6 Å². The van der Waals surface area contributed by atoms with Gasteiger partial charge in [-0.3, -0.25) is 0 Å². The lowest BCUT2D eigenvalue weighted by Gasteiger charge is -2.29. The molecular formula is C26H23F7O3S. The minimum Gasteiger partial charge on any atom is -0.373 e. The number of alkyl halides is 3. The van der Waals surface area contributed by atoms with E-state index in [1.807, 2.05) is 0 Å². The average Bonchev–Trinajstić information content (AvgIpc) is 2.80. The highest BCUT2D eigenvalue weighted by Crippen LogP contribution is 2.41. The number of halogens is 7. The molecular weight excluding hydrogens is 525 g/mol. The highest BCUT2D eigenvalue weighted by Gasteiger charge is 2.49. The fourth-order valence-corrected chi connectivity index (χ4v) is 5.48. The summed E-state index contributed by atoms with van der Waals surface area (Å²) in [4.78, 5) is 0. The van der Waals surface area contributed by atoms with E-state index in [0.717, 1.165) is 50.7 Å². The molecule has 3 aromatic rings. The topological polar surface area (TPSA) is 43.4 Å². The Bertz CT molecular complexity index is 1400. The van der Waals surface area contributed by atoms with Gasteiger partial charge in [-0.25, -0.2) is 17.6 Å². The van der Waals surface area contributed by atoms with Crippen LogP contribution in [0.2, 0.25) is 0 Å². The first-order chi connectivity index (χ1) is 17.3. The number of benzene rings is 3. The van der Waals surface area contributed by atoms with Crippen LogP contribution in [0.1, 0.15) is 56.9 Å². The molecule has 3 nitrogen and oxygen atoms in total. The minimum atomic E-state index is -6.20. The van der Waals surface area contributed by atoms with Gasteiger partial charge in [-0.1, -0.05) is 25.8 Å². The first kappa shape index (κ1) is 27.2. The minimum absolute atomic E-state index is 0.00000951. The van der Waals surface area contributed by atoms with Crippen molar-refractivity contribution >= 4 is 20.9 Å². The van der Waals surface area contributed by atoms with E-state index in [9.17, 15) is 30.4 Å². The van der Waals surface area contributed by atoms with E-state index < -0.39 is 55.6 Å². The molecule has 0 spiro atoms. The monoisotopic (exact) mass is 548 g/mol. The van der Waals surface area contributed by atoms with E-state index in [4.69, 9.17) is 0 Å². The Balaban J connectivity index is 1.67. The van der Waals surface area contributed by atoms with E-state index in [2.05, 4.69) is 11.1 Å². The summed E-state index contributed by atoms with van der Waals surface area (Å²) in [5, 5.41) is -1.15. The van der Waals surface area contributed by atoms with Crippen LogP contribution in [-0.2, 0) is 10.1 Å². The van der Waals surface area contributed by atoms with Crippen molar-refractivity contribution in [1.29, 1.82) is 0 Å². The average molecular weight is 549 g/mol. The second kappa shape index (κ2) is 10.2. The maximum Gasteiger partial charge on any atom is 0.534 e. The van der Waals surface area contributed by atoms with Crippen molar-refractivity contribution < 1.29 is 43.3 Å². The van der Waals surface area contributed by atoms with Crippen LogP contribution in [0.4, 0.5) is 30.7 Å². The summed E-state index contributed by atoms with van der Waals surface area (Å²) in [5.41, 5.74) is -6.11. The van der Waals surface area contributed by atoms with Gasteiger partial charge in [-0.05, 0) is 84.4 Å². The highest BCUT2D eigenvalue weighted by molar-refractivity contribution is 7.88. The van der Waals surface area contributed by atoms with Crippen LogP contribution >= 0.6 is 0 Å². The van der Waals surface area contributed by atoms with Crippen molar-refractivity contribution in [3.63, 3.8) is 0 Å². The molecule has 0 aliphatic heterocycles. The maximum absolute atomic E-state index is 15.1. The predicted octanol–water partition coefficient (Wildman–Crippen LogP) is 8.37. The Hall–Kier alpha value is -2.82. The van der Waals surface area contributed by atoms with Gasteiger partial charge in [0.2, 0.25) is 0 Å². The number of rotatable bonds is 6. The van der Waals surface area contributed by atoms with Crippen molar-refractivity contribution in [2.75, 3.05) is 0 Å². The lowest BCUT2D eigenvalue weighted by Crippen LogP contribution is -2.28. The molecule has 0 N–H and O–H groups in total. The van der Waals surface area contributed by atoms with Crippen molar-refractivity contribution in [1.82, 2.24) is 0 Å². The van der Waals surface area contributed by atoms with E-state index in [1.54, 1.807) is 0 Å². The third kappa shape index (κ3) is 5.42. The second-order valence-corrected chi connectivity index (χ2v) is 10.8. The quantitative estimate of drug-likeness (QED) is 0.177. The lowest BCUT2D eigenvalue weighted by molar-refractivity contribution is -0.0500. The van der Waals surface area contributed by atoms with Crippen molar-refractivity contribution in [2.45, 2.75) is 56.9 Å². The van der Waals surface area contributed by atoms with Crippen LogP contribution in [0.15, 0.2) is 36.4 Å². The Morgan fingerprint density at radius 2 is 1.51 bits per heavy atom. The molecule has 1 aliphatic carbocycles. The Morgan fingerprint density at radius 3 is 2.08 bits per heavy atom. The maximum atomic E-state index is 15.1. The molecule has 0 atom stereocenters. The molecule has 1 fully saturated rings. The molecule has 3 aromatic carbocycles. The van der Waals surface area contributed by atoms with Crippen molar-refractivity contribution in [3.8, 4) is 16.9 Å². The molecule has 0 saturated heterocycles.